The Morgan fingerprint density at radius 1 is 1.12 bits per heavy atom. The minimum atomic E-state index is 0.119. The van der Waals surface area contributed by atoms with Gasteiger partial charge < -0.3 is 5.11 Å². The highest BCUT2D eigenvalue weighted by atomic mass is 35.5. The molecule has 0 spiro atoms. The Hall–Kier alpha value is -2.08. The summed E-state index contributed by atoms with van der Waals surface area (Å²) in [5.41, 5.74) is 3.35. The van der Waals surface area contributed by atoms with Gasteiger partial charge in [-0.2, -0.15) is 0 Å². The number of nitrogens with one attached hydrogen (secondary N) is 1. The molecule has 2 heterocycles. The number of fused-ring (bicyclic) bond motifs is 3. The highest BCUT2D eigenvalue weighted by Gasteiger charge is 2.28. The van der Waals surface area contributed by atoms with Crippen LogP contribution < -0.4 is 9.80 Å². The van der Waals surface area contributed by atoms with Crippen molar-refractivity contribution < 1.29 is 10.0 Å². The van der Waals surface area contributed by atoms with Crippen molar-refractivity contribution in [3.05, 3.63) is 59.1 Å². The standard InChI is InChI=1S/C18H19ClN4O/c19-15-5-3-4-14(10-15)11-21-12-22(8-9-24)18-20-16-6-1-2-7-17(16)23(18)13-21/h1-7,10,24H,8-9,11-13H2/p+1. The first-order chi connectivity index (χ1) is 11.7. The summed E-state index contributed by atoms with van der Waals surface area (Å²) in [7, 11) is 0. The molecule has 0 fully saturated rings. The van der Waals surface area contributed by atoms with E-state index in [0.717, 1.165) is 41.9 Å². The number of aromatic nitrogens is 2. The van der Waals surface area contributed by atoms with Gasteiger partial charge in [-0.25, -0.2) is 4.98 Å². The predicted octanol–water partition coefficient (Wildman–Crippen LogP) is 1.50. The zero-order chi connectivity index (χ0) is 16.5. The number of imidazole rings is 1. The lowest BCUT2D eigenvalue weighted by atomic mass is 10.2. The van der Waals surface area contributed by atoms with E-state index in [2.05, 4.69) is 21.6 Å². The van der Waals surface area contributed by atoms with Crippen LogP contribution >= 0.6 is 11.6 Å². The average Bonchev–Trinajstić information content (AvgIpc) is 2.94. The molecule has 5 nitrogen and oxygen atoms in total. The molecule has 1 aromatic heterocycles. The van der Waals surface area contributed by atoms with E-state index in [9.17, 15) is 5.11 Å². The van der Waals surface area contributed by atoms with Gasteiger partial charge in [0.1, 0.15) is 6.54 Å². The van der Waals surface area contributed by atoms with Crippen LogP contribution in [0.5, 0.6) is 0 Å². The topological polar surface area (TPSA) is 45.7 Å². The number of para-hydroxylation sites is 2. The van der Waals surface area contributed by atoms with E-state index in [1.54, 1.807) is 0 Å². The Bertz CT molecular complexity index is 863. The summed E-state index contributed by atoms with van der Waals surface area (Å²) in [6.45, 7) is 3.26. The maximum absolute atomic E-state index is 9.43. The quantitative estimate of drug-likeness (QED) is 0.754. The largest absolute Gasteiger partial charge is 0.395 e. The SMILES string of the molecule is OCCN1C[NH+](Cc2cccc(Cl)c2)Cn2c1nc1ccccc12. The van der Waals surface area contributed by atoms with Crippen LogP contribution in [-0.2, 0) is 13.2 Å². The van der Waals surface area contributed by atoms with E-state index in [-0.39, 0.29) is 6.61 Å². The van der Waals surface area contributed by atoms with Crippen molar-refractivity contribution in [2.24, 2.45) is 0 Å². The number of β-amino-alcohol motifs (C(OH)–C–C–N with tert-alkyl or cyclic N) is 1. The number of benzene rings is 2. The number of aliphatic hydroxyl groups excluding tert-OH is 1. The minimum absolute atomic E-state index is 0.119. The Balaban J connectivity index is 1.67. The molecule has 0 amide bonds. The van der Waals surface area contributed by atoms with E-state index >= 15 is 0 Å². The third kappa shape index (κ3) is 2.86. The number of halogens is 1. The van der Waals surface area contributed by atoms with Crippen LogP contribution in [0.25, 0.3) is 11.0 Å². The third-order valence-electron chi connectivity index (χ3n) is 4.43. The average molecular weight is 344 g/mol. The Labute approximate surface area is 145 Å². The molecule has 0 radical (unpaired) electrons. The molecule has 0 saturated heterocycles. The van der Waals surface area contributed by atoms with Crippen LogP contribution in [0, 0.1) is 0 Å². The van der Waals surface area contributed by atoms with Gasteiger partial charge in [0, 0.05) is 17.1 Å². The van der Waals surface area contributed by atoms with Crippen molar-refractivity contribution in [1.82, 2.24) is 9.55 Å². The molecule has 1 aliphatic rings. The number of rotatable bonds is 4. The smallest absolute Gasteiger partial charge is 0.215 e. The zero-order valence-electron chi connectivity index (χ0n) is 13.3. The number of nitrogens with zero attached hydrogens (tertiary/aromatic N) is 3. The first-order valence-corrected chi connectivity index (χ1v) is 8.51. The van der Waals surface area contributed by atoms with Crippen LogP contribution in [0.15, 0.2) is 48.5 Å². The van der Waals surface area contributed by atoms with Crippen LogP contribution in [0.3, 0.4) is 0 Å². The molecule has 24 heavy (non-hydrogen) atoms. The summed E-state index contributed by atoms with van der Waals surface area (Å²) in [5.74, 6) is 0.945. The number of quaternary nitrogens is 1. The van der Waals surface area contributed by atoms with Crippen LogP contribution in [-0.4, -0.2) is 34.5 Å². The molecule has 0 aliphatic carbocycles. The van der Waals surface area contributed by atoms with E-state index in [1.165, 1.54) is 10.5 Å². The zero-order valence-corrected chi connectivity index (χ0v) is 14.1. The van der Waals surface area contributed by atoms with Gasteiger partial charge in [0.05, 0.1) is 17.6 Å². The molecule has 1 unspecified atom stereocenters. The fraction of sp³-hybridized carbons (Fsp3) is 0.278. The summed E-state index contributed by atoms with van der Waals surface area (Å²) < 4.78 is 2.24. The molecular weight excluding hydrogens is 324 g/mol. The number of aliphatic hydroxyl groups is 1. The summed E-state index contributed by atoms with van der Waals surface area (Å²) >= 11 is 6.11. The van der Waals surface area contributed by atoms with Crippen molar-refractivity contribution in [3.63, 3.8) is 0 Å². The van der Waals surface area contributed by atoms with Crippen molar-refractivity contribution in [2.75, 3.05) is 24.7 Å². The van der Waals surface area contributed by atoms with Crippen LogP contribution in [0.4, 0.5) is 5.95 Å². The van der Waals surface area contributed by atoms with E-state index in [0.29, 0.717) is 6.54 Å². The molecule has 1 atom stereocenters. The molecule has 0 saturated carbocycles. The van der Waals surface area contributed by atoms with Gasteiger partial charge in [-0.15, -0.1) is 0 Å². The van der Waals surface area contributed by atoms with Crippen molar-refractivity contribution in [1.29, 1.82) is 0 Å². The number of hydrogen-bond acceptors (Lipinski definition) is 3. The molecule has 1 aliphatic heterocycles. The molecule has 2 N–H and O–H groups in total. The van der Waals surface area contributed by atoms with E-state index in [1.807, 2.05) is 36.4 Å². The van der Waals surface area contributed by atoms with Crippen molar-refractivity contribution in [3.8, 4) is 0 Å². The summed E-state index contributed by atoms with van der Waals surface area (Å²) in [5, 5.41) is 10.2. The van der Waals surface area contributed by atoms with Crippen LogP contribution in [0.1, 0.15) is 5.56 Å². The van der Waals surface area contributed by atoms with Crippen molar-refractivity contribution >= 4 is 28.6 Å². The van der Waals surface area contributed by atoms with E-state index < -0.39 is 0 Å². The highest BCUT2D eigenvalue weighted by Crippen LogP contribution is 2.22. The fourth-order valence-electron chi connectivity index (χ4n) is 3.42. The summed E-state index contributed by atoms with van der Waals surface area (Å²) in [4.78, 5) is 8.30. The second kappa shape index (κ2) is 6.43. The molecule has 3 aromatic rings. The van der Waals surface area contributed by atoms with Gasteiger partial charge in [0.15, 0.2) is 13.3 Å². The molecule has 6 heteroatoms. The van der Waals surface area contributed by atoms with Gasteiger partial charge in [-0.05, 0) is 24.3 Å². The molecule has 2 aromatic carbocycles. The molecular formula is C18H20ClN4O+. The van der Waals surface area contributed by atoms with Gasteiger partial charge in [0.2, 0.25) is 5.95 Å². The lowest BCUT2D eigenvalue weighted by Crippen LogP contribution is -3.12. The Morgan fingerprint density at radius 2 is 2.00 bits per heavy atom. The number of hydrogen-bond donors (Lipinski definition) is 2. The Morgan fingerprint density at radius 3 is 2.83 bits per heavy atom. The summed E-state index contributed by atoms with van der Waals surface area (Å²) in [6, 6.07) is 16.2. The second-order valence-electron chi connectivity index (χ2n) is 6.19. The lowest BCUT2D eigenvalue weighted by Gasteiger charge is -2.34. The molecule has 4 rings (SSSR count). The fourth-order valence-corrected chi connectivity index (χ4v) is 3.63. The maximum atomic E-state index is 9.43. The van der Waals surface area contributed by atoms with Gasteiger partial charge in [-0.3, -0.25) is 14.4 Å². The van der Waals surface area contributed by atoms with Gasteiger partial charge in [0.25, 0.3) is 0 Å². The predicted molar refractivity (Wildman–Crippen MR) is 95.2 cm³/mol. The summed E-state index contributed by atoms with van der Waals surface area (Å²) in [6.07, 6.45) is 0. The maximum Gasteiger partial charge on any atom is 0.215 e. The van der Waals surface area contributed by atoms with E-state index in [4.69, 9.17) is 16.6 Å². The number of anilines is 1. The second-order valence-corrected chi connectivity index (χ2v) is 6.62. The third-order valence-corrected chi connectivity index (χ3v) is 4.66. The van der Waals surface area contributed by atoms with Crippen LogP contribution in [0.2, 0.25) is 5.02 Å². The highest BCUT2D eigenvalue weighted by molar-refractivity contribution is 6.30. The molecule has 0 bridgehead atoms. The van der Waals surface area contributed by atoms with Gasteiger partial charge in [-0.1, -0.05) is 35.9 Å². The van der Waals surface area contributed by atoms with Gasteiger partial charge >= 0.3 is 0 Å². The Kier molecular flexibility index (Phi) is 4.14. The monoisotopic (exact) mass is 343 g/mol. The van der Waals surface area contributed by atoms with Crippen molar-refractivity contribution in [2.45, 2.75) is 13.2 Å². The first kappa shape index (κ1) is 15.4. The first-order valence-electron chi connectivity index (χ1n) is 8.13. The minimum Gasteiger partial charge on any atom is -0.395 e. The molecule has 124 valence electrons. The lowest BCUT2D eigenvalue weighted by molar-refractivity contribution is -0.938. The normalized spacial score (nSPS) is 17.2.